The predicted molar refractivity (Wildman–Crippen MR) is 70.7 cm³/mol. The molecule has 0 N–H and O–H groups in total. The van der Waals surface area contributed by atoms with Gasteiger partial charge in [-0.1, -0.05) is 11.6 Å². The van der Waals surface area contributed by atoms with Gasteiger partial charge in [-0.3, -0.25) is 14.8 Å². The Hall–Kier alpha value is -2.41. The van der Waals surface area contributed by atoms with E-state index in [-0.39, 0.29) is 16.5 Å². The molecule has 1 heterocycles. The number of rotatable bonds is 4. The van der Waals surface area contributed by atoms with Crippen LogP contribution in [0.25, 0.3) is 0 Å². The van der Waals surface area contributed by atoms with Gasteiger partial charge >= 0.3 is 5.97 Å². The van der Waals surface area contributed by atoms with Gasteiger partial charge in [-0.05, 0) is 19.1 Å². The first-order valence-electron chi connectivity index (χ1n) is 5.64. The molecule has 2 aromatic rings. The lowest BCUT2D eigenvalue weighted by molar-refractivity contribution is -0.384. The molecular weight excluding hydrogens is 286 g/mol. The van der Waals surface area contributed by atoms with Crippen molar-refractivity contribution in [3.05, 3.63) is 51.8 Å². The Morgan fingerprint density at radius 2 is 2.30 bits per heavy atom. The van der Waals surface area contributed by atoms with Gasteiger partial charge in [0.15, 0.2) is 0 Å². The molecule has 0 aliphatic carbocycles. The van der Waals surface area contributed by atoms with Crippen molar-refractivity contribution in [3.8, 4) is 5.75 Å². The Morgan fingerprint density at radius 3 is 2.85 bits per heavy atom. The second kappa shape index (κ2) is 5.70. The van der Waals surface area contributed by atoms with Crippen LogP contribution in [0.3, 0.4) is 0 Å². The van der Waals surface area contributed by atoms with E-state index in [4.69, 9.17) is 16.3 Å². The monoisotopic (exact) mass is 295 g/mol. The largest absolute Gasteiger partial charge is 0.425 e. The summed E-state index contributed by atoms with van der Waals surface area (Å²) in [6.45, 7) is 1.63. The van der Waals surface area contributed by atoms with Crippen molar-refractivity contribution >= 4 is 23.3 Å². The summed E-state index contributed by atoms with van der Waals surface area (Å²) in [4.78, 5) is 21.9. The molecule has 0 fully saturated rings. The van der Waals surface area contributed by atoms with E-state index in [2.05, 4.69) is 5.10 Å². The molecule has 2 rings (SSSR count). The molecule has 7 nitrogen and oxygen atoms in total. The summed E-state index contributed by atoms with van der Waals surface area (Å²) in [5.41, 5.74) is -0.244. The van der Waals surface area contributed by atoms with Crippen LogP contribution in [0.2, 0.25) is 5.02 Å². The first-order chi connectivity index (χ1) is 9.49. The molecule has 0 aliphatic heterocycles. The molecule has 20 heavy (non-hydrogen) atoms. The minimum atomic E-state index is -0.612. The van der Waals surface area contributed by atoms with Crippen LogP contribution in [0.15, 0.2) is 36.7 Å². The minimum Gasteiger partial charge on any atom is -0.425 e. The van der Waals surface area contributed by atoms with Crippen molar-refractivity contribution in [2.75, 3.05) is 0 Å². The van der Waals surface area contributed by atoms with Gasteiger partial charge in [-0.2, -0.15) is 5.10 Å². The quantitative estimate of drug-likeness (QED) is 0.374. The molecule has 8 heteroatoms. The molecule has 1 atom stereocenters. The van der Waals surface area contributed by atoms with Gasteiger partial charge in [0.25, 0.3) is 5.69 Å². The van der Waals surface area contributed by atoms with Crippen molar-refractivity contribution in [1.82, 2.24) is 9.78 Å². The zero-order chi connectivity index (χ0) is 14.7. The van der Waals surface area contributed by atoms with E-state index in [0.717, 1.165) is 0 Å². The molecule has 1 aromatic carbocycles. The molecule has 0 aliphatic rings. The smallest absolute Gasteiger partial charge is 0.336 e. The Kier molecular flexibility index (Phi) is 3.99. The van der Waals surface area contributed by atoms with Crippen molar-refractivity contribution in [3.63, 3.8) is 0 Å². The fourth-order valence-electron chi connectivity index (χ4n) is 1.52. The van der Waals surface area contributed by atoms with Crippen molar-refractivity contribution in [2.45, 2.75) is 13.0 Å². The number of esters is 1. The Morgan fingerprint density at radius 1 is 1.55 bits per heavy atom. The SMILES string of the molecule is CC(C(=O)Oc1ccc([N+](=O)[O-])c(Cl)c1)n1cccn1. The average molecular weight is 296 g/mol. The van der Waals surface area contributed by atoms with E-state index in [1.54, 1.807) is 25.4 Å². The van der Waals surface area contributed by atoms with Gasteiger partial charge in [-0.25, -0.2) is 4.79 Å². The van der Waals surface area contributed by atoms with Crippen molar-refractivity contribution in [2.24, 2.45) is 0 Å². The van der Waals surface area contributed by atoms with Crippen LogP contribution in [-0.2, 0) is 4.79 Å². The van der Waals surface area contributed by atoms with E-state index in [1.807, 2.05) is 0 Å². The summed E-state index contributed by atoms with van der Waals surface area (Å²) in [6, 6.07) is 4.81. The topological polar surface area (TPSA) is 87.3 Å². The zero-order valence-corrected chi connectivity index (χ0v) is 11.1. The molecule has 0 saturated carbocycles. The summed E-state index contributed by atoms with van der Waals surface area (Å²) in [5, 5.41) is 14.5. The van der Waals surface area contributed by atoms with Crippen LogP contribution >= 0.6 is 11.6 Å². The van der Waals surface area contributed by atoms with E-state index >= 15 is 0 Å². The number of carbonyl (C=O) groups is 1. The summed E-state index contributed by atoms with van der Waals surface area (Å²) in [7, 11) is 0. The minimum absolute atomic E-state index is 0.0907. The number of ether oxygens (including phenoxy) is 1. The lowest BCUT2D eigenvalue weighted by atomic mass is 10.3. The van der Waals surface area contributed by atoms with Crippen LogP contribution in [-0.4, -0.2) is 20.7 Å². The van der Waals surface area contributed by atoms with Crippen LogP contribution in [0, 0.1) is 10.1 Å². The Bertz CT molecular complexity index is 642. The number of nitrogens with zero attached hydrogens (tertiary/aromatic N) is 3. The third-order valence-electron chi connectivity index (χ3n) is 2.60. The van der Waals surface area contributed by atoms with Crippen LogP contribution in [0.5, 0.6) is 5.75 Å². The third-order valence-corrected chi connectivity index (χ3v) is 2.90. The number of halogens is 1. The molecule has 104 valence electrons. The third kappa shape index (κ3) is 2.94. The highest BCUT2D eigenvalue weighted by molar-refractivity contribution is 6.32. The number of hydrogen-bond donors (Lipinski definition) is 0. The second-order valence-electron chi connectivity index (χ2n) is 3.95. The van der Waals surface area contributed by atoms with E-state index < -0.39 is 16.9 Å². The Balaban J connectivity index is 2.12. The summed E-state index contributed by atoms with van der Waals surface area (Å²) >= 11 is 5.74. The highest BCUT2D eigenvalue weighted by Crippen LogP contribution is 2.28. The number of carbonyl (C=O) groups excluding carboxylic acids is 1. The fourth-order valence-corrected chi connectivity index (χ4v) is 1.76. The highest BCUT2D eigenvalue weighted by atomic mass is 35.5. The fraction of sp³-hybridized carbons (Fsp3) is 0.167. The molecule has 0 bridgehead atoms. The van der Waals surface area contributed by atoms with Gasteiger partial charge in [0.05, 0.1) is 4.92 Å². The van der Waals surface area contributed by atoms with Gasteiger partial charge < -0.3 is 4.74 Å². The molecule has 0 spiro atoms. The number of hydrogen-bond acceptors (Lipinski definition) is 5. The lowest BCUT2D eigenvalue weighted by Crippen LogP contribution is -2.22. The normalized spacial score (nSPS) is 11.9. The first kappa shape index (κ1) is 14.0. The van der Waals surface area contributed by atoms with E-state index in [1.165, 1.54) is 22.9 Å². The number of nitro groups is 1. The Labute approximate surface area is 118 Å². The number of aromatic nitrogens is 2. The molecule has 1 unspecified atom stereocenters. The standard InChI is InChI=1S/C12H10ClN3O4/c1-8(15-6-2-5-14-15)12(17)20-9-3-4-11(16(18)19)10(13)7-9/h2-8H,1H3. The van der Waals surface area contributed by atoms with Crippen LogP contribution < -0.4 is 4.74 Å². The summed E-state index contributed by atoms with van der Waals surface area (Å²) in [6.07, 6.45) is 3.18. The van der Waals surface area contributed by atoms with Gasteiger partial charge in [0.2, 0.25) is 0 Å². The van der Waals surface area contributed by atoms with E-state index in [0.29, 0.717) is 0 Å². The molecule has 0 saturated heterocycles. The predicted octanol–water partition coefficient (Wildman–Crippen LogP) is 2.61. The van der Waals surface area contributed by atoms with Crippen molar-refractivity contribution in [1.29, 1.82) is 0 Å². The summed E-state index contributed by atoms with van der Waals surface area (Å²) < 4.78 is 6.55. The van der Waals surface area contributed by atoms with E-state index in [9.17, 15) is 14.9 Å². The zero-order valence-electron chi connectivity index (χ0n) is 10.4. The number of nitro benzene ring substituents is 1. The van der Waals surface area contributed by atoms with Gasteiger partial charge in [-0.15, -0.1) is 0 Å². The molecular formula is C12H10ClN3O4. The maximum Gasteiger partial charge on any atom is 0.336 e. The first-order valence-corrected chi connectivity index (χ1v) is 6.01. The van der Waals surface area contributed by atoms with Gasteiger partial charge in [0.1, 0.15) is 16.8 Å². The van der Waals surface area contributed by atoms with Crippen molar-refractivity contribution < 1.29 is 14.5 Å². The maximum absolute atomic E-state index is 11.9. The lowest BCUT2D eigenvalue weighted by Gasteiger charge is -2.11. The maximum atomic E-state index is 11.9. The van der Waals surface area contributed by atoms with Gasteiger partial charge in [0, 0.05) is 24.5 Å². The summed E-state index contributed by atoms with van der Waals surface area (Å²) in [5.74, 6) is -0.400. The molecule has 1 aromatic heterocycles. The highest BCUT2D eigenvalue weighted by Gasteiger charge is 2.19. The molecule has 0 radical (unpaired) electrons. The average Bonchev–Trinajstić information content (AvgIpc) is 2.91. The number of benzene rings is 1. The molecule has 0 amide bonds. The van der Waals surface area contributed by atoms with Crippen LogP contribution in [0.1, 0.15) is 13.0 Å². The second-order valence-corrected chi connectivity index (χ2v) is 4.36. The van der Waals surface area contributed by atoms with Crippen LogP contribution in [0.4, 0.5) is 5.69 Å².